The van der Waals surface area contributed by atoms with Crippen molar-refractivity contribution in [2.24, 2.45) is 0 Å². The zero-order valence-electron chi connectivity index (χ0n) is 7.15. The van der Waals surface area contributed by atoms with E-state index < -0.39 is 5.76 Å². The van der Waals surface area contributed by atoms with Crippen molar-refractivity contribution >= 4 is 11.0 Å². The third-order valence-electron chi connectivity index (χ3n) is 1.85. The molecule has 0 aliphatic rings. The zero-order valence-corrected chi connectivity index (χ0v) is 7.15. The fourth-order valence-electron chi connectivity index (χ4n) is 1.26. The van der Waals surface area contributed by atoms with Crippen LogP contribution < -0.4 is 5.76 Å². The molecule has 0 amide bonds. The summed E-state index contributed by atoms with van der Waals surface area (Å²) in [7, 11) is 0. The Morgan fingerprint density at radius 2 is 2.38 bits per heavy atom. The summed E-state index contributed by atoms with van der Waals surface area (Å²) in [6, 6.07) is 1.80. The third-order valence-corrected chi connectivity index (χ3v) is 1.85. The minimum Gasteiger partial charge on any atom is -0.406 e. The number of nitrogens with zero attached hydrogens (tertiary/aromatic N) is 2. The van der Waals surface area contributed by atoms with Gasteiger partial charge < -0.3 is 4.42 Å². The lowest BCUT2D eigenvalue weighted by Crippen LogP contribution is -2.07. The van der Waals surface area contributed by atoms with E-state index in [0.717, 1.165) is 11.1 Å². The zero-order chi connectivity index (χ0) is 9.26. The molecule has 2 aromatic rings. The van der Waals surface area contributed by atoms with E-state index in [1.807, 2.05) is 6.92 Å². The maximum Gasteiger partial charge on any atom is 0.439 e. The monoisotopic (exact) mass is 176 g/mol. The second kappa shape index (κ2) is 2.97. The molecular formula is C9H8N2O2. The van der Waals surface area contributed by atoms with Crippen LogP contribution in [0.5, 0.6) is 0 Å². The number of hydrogen-bond acceptors (Lipinski definition) is 4. The van der Waals surface area contributed by atoms with Crippen LogP contribution >= 0.6 is 0 Å². The van der Waals surface area contributed by atoms with E-state index >= 15 is 0 Å². The topological polar surface area (TPSA) is 56.0 Å². The van der Waals surface area contributed by atoms with Gasteiger partial charge in [0.05, 0.1) is 11.9 Å². The molecule has 0 aliphatic heterocycles. The van der Waals surface area contributed by atoms with Crippen LogP contribution in [0, 0.1) is 0 Å². The molecule has 0 N–H and O–H groups in total. The maximum absolute atomic E-state index is 11.0. The smallest absolute Gasteiger partial charge is 0.406 e. The second-order valence-electron chi connectivity index (χ2n) is 2.65. The van der Waals surface area contributed by atoms with Crippen LogP contribution in [0.1, 0.15) is 12.6 Å². The van der Waals surface area contributed by atoms with Gasteiger partial charge in [0, 0.05) is 11.6 Å². The average molecular weight is 176 g/mol. The minimum atomic E-state index is -0.558. The summed E-state index contributed by atoms with van der Waals surface area (Å²) in [5.41, 5.74) is 1.26. The summed E-state index contributed by atoms with van der Waals surface area (Å²) in [6.07, 6.45) is 3.90. The summed E-state index contributed by atoms with van der Waals surface area (Å²) in [5.74, 6) is -0.558. The normalized spacial score (nSPS) is 10.5. The Morgan fingerprint density at radius 3 is 3.15 bits per heavy atom. The summed E-state index contributed by atoms with van der Waals surface area (Å²) in [6.45, 7) is 1.95. The minimum absolute atomic E-state index is 0.499. The van der Waals surface area contributed by atoms with Crippen molar-refractivity contribution in [3.8, 4) is 0 Å². The third kappa shape index (κ3) is 1.30. The summed E-state index contributed by atoms with van der Waals surface area (Å²) in [4.78, 5) is 18.6. The summed E-state index contributed by atoms with van der Waals surface area (Å²) in [5, 5.41) is 0.858. The van der Waals surface area contributed by atoms with Gasteiger partial charge in [-0.05, 0) is 12.5 Å². The van der Waals surface area contributed by atoms with Gasteiger partial charge in [-0.1, -0.05) is 6.92 Å². The molecule has 0 saturated heterocycles. The molecule has 2 heterocycles. The second-order valence-corrected chi connectivity index (χ2v) is 2.65. The highest BCUT2D eigenvalue weighted by Gasteiger charge is 2.03. The van der Waals surface area contributed by atoms with E-state index in [9.17, 15) is 4.79 Å². The van der Waals surface area contributed by atoms with Gasteiger partial charge in [0.2, 0.25) is 0 Å². The Kier molecular flexibility index (Phi) is 1.81. The van der Waals surface area contributed by atoms with Gasteiger partial charge in [-0.25, -0.2) is 4.79 Å². The predicted molar refractivity (Wildman–Crippen MR) is 47.5 cm³/mol. The quantitative estimate of drug-likeness (QED) is 0.653. The van der Waals surface area contributed by atoms with Crippen LogP contribution in [0.2, 0.25) is 0 Å². The molecule has 13 heavy (non-hydrogen) atoms. The highest BCUT2D eigenvalue weighted by Crippen LogP contribution is 2.12. The maximum atomic E-state index is 11.0. The van der Waals surface area contributed by atoms with Crippen molar-refractivity contribution in [1.82, 2.24) is 9.97 Å². The molecule has 4 heteroatoms. The van der Waals surface area contributed by atoms with E-state index in [1.165, 1.54) is 6.20 Å². The lowest BCUT2D eigenvalue weighted by Gasteiger charge is -1.98. The Morgan fingerprint density at radius 1 is 1.54 bits per heavy atom. The number of rotatable bonds is 1. The Labute approximate surface area is 74.2 Å². The summed E-state index contributed by atoms with van der Waals surface area (Å²) >= 11 is 0. The molecule has 0 aliphatic carbocycles. The molecule has 0 atom stereocenters. The van der Waals surface area contributed by atoms with Crippen molar-refractivity contribution in [2.75, 3.05) is 0 Å². The molecule has 2 aromatic heterocycles. The first kappa shape index (κ1) is 7.91. The fraction of sp³-hybridized carbons (Fsp3) is 0.222. The molecule has 0 aromatic carbocycles. The number of pyridine rings is 1. The Hall–Kier alpha value is -1.71. The fourth-order valence-corrected chi connectivity index (χ4v) is 1.26. The van der Waals surface area contributed by atoms with Gasteiger partial charge in [0.15, 0.2) is 5.58 Å². The highest BCUT2D eigenvalue weighted by atomic mass is 16.4. The number of hydrogen-bond donors (Lipinski definition) is 0. The summed E-state index contributed by atoms with van der Waals surface area (Å²) < 4.78 is 4.87. The Bertz CT molecular complexity index is 490. The predicted octanol–water partition coefficient (Wildman–Crippen LogP) is 1.15. The van der Waals surface area contributed by atoms with E-state index in [0.29, 0.717) is 12.0 Å². The lowest BCUT2D eigenvalue weighted by atomic mass is 10.2. The van der Waals surface area contributed by atoms with Crippen molar-refractivity contribution < 1.29 is 4.42 Å². The molecular weight excluding hydrogens is 168 g/mol. The lowest BCUT2D eigenvalue weighted by molar-refractivity contribution is 0.525. The molecule has 0 spiro atoms. The van der Waals surface area contributed by atoms with Gasteiger partial charge in [0.1, 0.15) is 0 Å². The van der Waals surface area contributed by atoms with Gasteiger partial charge in [-0.2, -0.15) is 4.98 Å². The van der Waals surface area contributed by atoms with Gasteiger partial charge in [0.25, 0.3) is 0 Å². The van der Waals surface area contributed by atoms with Crippen molar-refractivity contribution in [1.29, 1.82) is 0 Å². The number of aromatic nitrogens is 2. The Balaban J connectivity index is 2.89. The largest absolute Gasteiger partial charge is 0.439 e. The van der Waals surface area contributed by atoms with Crippen LogP contribution in [0.15, 0.2) is 27.7 Å². The van der Waals surface area contributed by atoms with E-state index in [-0.39, 0.29) is 0 Å². The van der Waals surface area contributed by atoms with Gasteiger partial charge in [-0.3, -0.25) is 4.98 Å². The first-order valence-electron chi connectivity index (χ1n) is 4.05. The molecule has 0 saturated carbocycles. The van der Waals surface area contributed by atoms with Crippen LogP contribution in [-0.2, 0) is 6.42 Å². The molecule has 2 rings (SSSR count). The van der Waals surface area contributed by atoms with Gasteiger partial charge >= 0.3 is 5.76 Å². The molecule has 0 unspecified atom stereocenters. The van der Waals surface area contributed by atoms with Crippen molar-refractivity contribution in [2.45, 2.75) is 13.3 Å². The van der Waals surface area contributed by atoms with Crippen LogP contribution in [0.3, 0.4) is 0 Å². The standard InChI is InChI=1S/C9H8N2O2/c1-2-7-6-3-4-10-5-8(6)13-9(12)11-7/h3-5H,2H2,1H3. The first-order chi connectivity index (χ1) is 6.31. The molecule has 0 bridgehead atoms. The van der Waals surface area contributed by atoms with Crippen molar-refractivity contribution in [3.63, 3.8) is 0 Å². The van der Waals surface area contributed by atoms with E-state index in [1.54, 1.807) is 12.3 Å². The van der Waals surface area contributed by atoms with E-state index in [2.05, 4.69) is 9.97 Å². The number of fused-ring (bicyclic) bond motifs is 1. The van der Waals surface area contributed by atoms with Crippen LogP contribution in [-0.4, -0.2) is 9.97 Å². The highest BCUT2D eigenvalue weighted by molar-refractivity contribution is 5.77. The van der Waals surface area contributed by atoms with Crippen molar-refractivity contribution in [3.05, 3.63) is 34.7 Å². The van der Waals surface area contributed by atoms with E-state index in [4.69, 9.17) is 4.42 Å². The average Bonchev–Trinajstić information content (AvgIpc) is 2.16. The van der Waals surface area contributed by atoms with Gasteiger partial charge in [-0.15, -0.1) is 0 Å². The molecule has 4 nitrogen and oxygen atoms in total. The number of aryl methyl sites for hydroxylation is 1. The molecule has 0 radical (unpaired) electrons. The van der Waals surface area contributed by atoms with Crippen LogP contribution in [0.25, 0.3) is 11.0 Å². The van der Waals surface area contributed by atoms with Crippen LogP contribution in [0.4, 0.5) is 0 Å². The molecule has 0 fully saturated rings. The molecule has 66 valence electrons. The SMILES string of the molecule is CCc1nc(=O)oc2cnccc12. The first-order valence-corrected chi connectivity index (χ1v) is 4.05.